The number of ether oxygens (including phenoxy) is 1. The highest BCUT2D eigenvalue weighted by Gasteiger charge is 2.17. The third-order valence-corrected chi connectivity index (χ3v) is 1.38. The van der Waals surface area contributed by atoms with Gasteiger partial charge in [-0.15, -0.1) is 0 Å². The molecule has 0 fully saturated rings. The van der Waals surface area contributed by atoms with Gasteiger partial charge in [0.25, 0.3) is 0 Å². The monoisotopic (exact) mass is 173 g/mol. The molecular formula is C9H19NO2. The van der Waals surface area contributed by atoms with Crippen molar-refractivity contribution in [2.45, 2.75) is 46.3 Å². The molecule has 3 nitrogen and oxygen atoms in total. The molecule has 0 unspecified atom stereocenters. The van der Waals surface area contributed by atoms with E-state index >= 15 is 0 Å². The van der Waals surface area contributed by atoms with Gasteiger partial charge in [-0.2, -0.15) is 0 Å². The first-order valence-electron chi connectivity index (χ1n) is 4.39. The Morgan fingerprint density at radius 1 is 1.33 bits per heavy atom. The van der Waals surface area contributed by atoms with E-state index in [1.54, 1.807) is 0 Å². The molecule has 0 bridgehead atoms. The standard InChI is InChI=1S/C9H19NO2/c1-6(2)5-8(10)9(11)12-7(3)4/h6-8H,5,10H2,1-4H3/t8-/m1/s1. The van der Waals surface area contributed by atoms with Gasteiger partial charge in [-0.1, -0.05) is 13.8 Å². The first-order chi connectivity index (χ1) is 5.43. The Balaban J connectivity index is 3.77. The van der Waals surface area contributed by atoms with Crippen LogP contribution in [0.15, 0.2) is 0 Å². The van der Waals surface area contributed by atoms with Crippen LogP contribution in [0.2, 0.25) is 0 Å². The van der Waals surface area contributed by atoms with E-state index in [-0.39, 0.29) is 12.1 Å². The van der Waals surface area contributed by atoms with Crippen molar-refractivity contribution in [2.75, 3.05) is 0 Å². The number of esters is 1. The van der Waals surface area contributed by atoms with Crippen molar-refractivity contribution in [1.29, 1.82) is 0 Å². The van der Waals surface area contributed by atoms with E-state index in [4.69, 9.17) is 10.5 Å². The molecule has 0 aromatic rings. The minimum atomic E-state index is -0.465. The predicted octanol–water partition coefficient (Wildman–Crippen LogP) is 1.31. The third kappa shape index (κ3) is 5.13. The van der Waals surface area contributed by atoms with E-state index in [2.05, 4.69) is 0 Å². The maximum absolute atomic E-state index is 11.1. The molecule has 3 heteroatoms. The fraction of sp³-hybridized carbons (Fsp3) is 0.889. The average Bonchev–Trinajstić information content (AvgIpc) is 1.84. The zero-order chi connectivity index (χ0) is 9.72. The second-order valence-electron chi connectivity index (χ2n) is 3.72. The summed E-state index contributed by atoms with van der Waals surface area (Å²) in [6.07, 6.45) is 0.613. The molecule has 0 aliphatic heterocycles. The summed E-state index contributed by atoms with van der Waals surface area (Å²) >= 11 is 0. The van der Waals surface area contributed by atoms with Crippen LogP contribution >= 0.6 is 0 Å². The summed E-state index contributed by atoms with van der Waals surface area (Å²) in [5, 5.41) is 0. The largest absolute Gasteiger partial charge is 0.462 e. The molecule has 0 rings (SSSR count). The van der Waals surface area contributed by atoms with Crippen LogP contribution in [0.4, 0.5) is 0 Å². The Morgan fingerprint density at radius 2 is 1.83 bits per heavy atom. The van der Waals surface area contributed by atoms with Gasteiger partial charge in [0.15, 0.2) is 0 Å². The first kappa shape index (κ1) is 11.4. The highest BCUT2D eigenvalue weighted by Crippen LogP contribution is 2.04. The molecule has 12 heavy (non-hydrogen) atoms. The van der Waals surface area contributed by atoms with Crippen molar-refractivity contribution in [3.8, 4) is 0 Å². The van der Waals surface area contributed by atoms with Gasteiger partial charge >= 0.3 is 5.97 Å². The predicted molar refractivity (Wildman–Crippen MR) is 48.7 cm³/mol. The van der Waals surface area contributed by atoms with Gasteiger partial charge in [-0.3, -0.25) is 4.79 Å². The van der Waals surface area contributed by atoms with Crippen LogP contribution < -0.4 is 5.73 Å². The quantitative estimate of drug-likeness (QED) is 0.652. The molecule has 0 spiro atoms. The van der Waals surface area contributed by atoms with E-state index in [0.717, 1.165) is 0 Å². The van der Waals surface area contributed by atoms with E-state index in [0.29, 0.717) is 12.3 Å². The van der Waals surface area contributed by atoms with Crippen LogP contribution in [0.5, 0.6) is 0 Å². The molecule has 0 aromatic heterocycles. The molecule has 0 saturated heterocycles. The van der Waals surface area contributed by atoms with Gasteiger partial charge in [-0.05, 0) is 26.2 Å². The van der Waals surface area contributed by atoms with Crippen LogP contribution in [-0.4, -0.2) is 18.1 Å². The van der Waals surface area contributed by atoms with Crippen molar-refractivity contribution < 1.29 is 9.53 Å². The van der Waals surface area contributed by atoms with Crippen LogP contribution in [0.1, 0.15) is 34.1 Å². The van der Waals surface area contributed by atoms with Gasteiger partial charge in [-0.25, -0.2) is 0 Å². The number of nitrogens with two attached hydrogens (primary N) is 1. The normalized spacial score (nSPS) is 13.6. The Kier molecular flexibility index (Phi) is 4.90. The summed E-state index contributed by atoms with van der Waals surface area (Å²) in [5.41, 5.74) is 5.59. The number of carbonyl (C=O) groups excluding carboxylic acids is 1. The summed E-state index contributed by atoms with van der Waals surface area (Å²) in [5.74, 6) is 0.137. The lowest BCUT2D eigenvalue weighted by Gasteiger charge is -2.15. The van der Waals surface area contributed by atoms with E-state index in [1.807, 2.05) is 27.7 Å². The first-order valence-corrected chi connectivity index (χ1v) is 4.39. The van der Waals surface area contributed by atoms with Crippen LogP contribution in [0.3, 0.4) is 0 Å². The molecule has 1 atom stereocenters. The SMILES string of the molecule is CC(C)C[C@@H](N)C(=O)OC(C)C. The maximum Gasteiger partial charge on any atom is 0.323 e. The lowest BCUT2D eigenvalue weighted by Crippen LogP contribution is -2.34. The number of carbonyl (C=O) groups is 1. The molecule has 72 valence electrons. The van der Waals surface area contributed by atoms with Crippen LogP contribution in [-0.2, 0) is 9.53 Å². The molecule has 0 aromatic carbocycles. The Labute approximate surface area is 74.3 Å². The minimum absolute atomic E-state index is 0.0734. The Morgan fingerprint density at radius 3 is 2.17 bits per heavy atom. The molecule has 2 N–H and O–H groups in total. The highest BCUT2D eigenvalue weighted by molar-refractivity contribution is 5.75. The van der Waals surface area contributed by atoms with Gasteiger partial charge in [0, 0.05) is 0 Å². The van der Waals surface area contributed by atoms with Gasteiger partial charge in [0.2, 0.25) is 0 Å². The Hall–Kier alpha value is -0.570. The summed E-state index contributed by atoms with van der Waals surface area (Å²) in [6.45, 7) is 7.70. The molecular weight excluding hydrogens is 154 g/mol. The van der Waals surface area contributed by atoms with E-state index < -0.39 is 6.04 Å². The molecule has 0 aliphatic carbocycles. The third-order valence-electron chi connectivity index (χ3n) is 1.38. The number of rotatable bonds is 4. The van der Waals surface area contributed by atoms with Gasteiger partial charge < -0.3 is 10.5 Å². The average molecular weight is 173 g/mol. The van der Waals surface area contributed by atoms with E-state index in [1.165, 1.54) is 0 Å². The van der Waals surface area contributed by atoms with Gasteiger partial charge in [0.1, 0.15) is 6.04 Å². The number of hydrogen-bond donors (Lipinski definition) is 1. The van der Waals surface area contributed by atoms with Crippen molar-refractivity contribution in [1.82, 2.24) is 0 Å². The van der Waals surface area contributed by atoms with Crippen molar-refractivity contribution in [3.05, 3.63) is 0 Å². The fourth-order valence-electron chi connectivity index (χ4n) is 0.924. The molecule has 0 amide bonds. The fourth-order valence-corrected chi connectivity index (χ4v) is 0.924. The van der Waals surface area contributed by atoms with Crippen molar-refractivity contribution >= 4 is 5.97 Å². The molecule has 0 saturated carbocycles. The second-order valence-corrected chi connectivity index (χ2v) is 3.72. The molecule has 0 radical (unpaired) electrons. The van der Waals surface area contributed by atoms with Gasteiger partial charge in [0.05, 0.1) is 6.10 Å². The zero-order valence-corrected chi connectivity index (χ0v) is 8.33. The molecule has 0 heterocycles. The van der Waals surface area contributed by atoms with E-state index in [9.17, 15) is 4.79 Å². The van der Waals surface area contributed by atoms with Crippen LogP contribution in [0.25, 0.3) is 0 Å². The summed E-state index contributed by atoms with van der Waals surface area (Å²) in [4.78, 5) is 11.1. The summed E-state index contributed by atoms with van der Waals surface area (Å²) < 4.78 is 4.95. The Bertz CT molecular complexity index is 143. The summed E-state index contributed by atoms with van der Waals surface area (Å²) in [7, 11) is 0. The summed E-state index contributed by atoms with van der Waals surface area (Å²) in [6, 6.07) is -0.465. The van der Waals surface area contributed by atoms with Crippen LogP contribution in [0, 0.1) is 5.92 Å². The second kappa shape index (κ2) is 5.14. The lowest BCUT2D eigenvalue weighted by atomic mass is 10.1. The highest BCUT2D eigenvalue weighted by atomic mass is 16.5. The lowest BCUT2D eigenvalue weighted by molar-refractivity contribution is -0.149. The maximum atomic E-state index is 11.1. The van der Waals surface area contributed by atoms with Crippen molar-refractivity contribution in [3.63, 3.8) is 0 Å². The smallest absolute Gasteiger partial charge is 0.323 e. The zero-order valence-electron chi connectivity index (χ0n) is 8.33. The van der Waals surface area contributed by atoms with Crippen molar-refractivity contribution in [2.24, 2.45) is 11.7 Å². The topological polar surface area (TPSA) is 52.3 Å². The number of hydrogen-bond acceptors (Lipinski definition) is 3. The molecule has 0 aliphatic rings. The minimum Gasteiger partial charge on any atom is -0.462 e.